The van der Waals surface area contributed by atoms with Crippen molar-refractivity contribution in [2.45, 2.75) is 78.0 Å². The van der Waals surface area contributed by atoms with E-state index in [4.69, 9.17) is 5.41 Å². The fraction of sp³-hybridized carbons (Fsp3) is 0.789. The number of likely N-dealkylation sites (tertiary alicyclic amines) is 1. The van der Waals surface area contributed by atoms with Crippen LogP contribution in [0.2, 0.25) is 0 Å². The number of Topliss-reactive ketones (excluding diaryl/α,β-unsaturated/α-hetero) is 1. The third-order valence-corrected chi connectivity index (χ3v) is 5.63. The fourth-order valence-corrected chi connectivity index (χ4v) is 4.19. The SMILES string of the molecule is CCC(C(=O)C(C)C)N1C(=O)CC(SCCCC(=N)CC(C)C)C1=O. The van der Waals surface area contributed by atoms with E-state index < -0.39 is 6.04 Å². The zero-order chi connectivity index (χ0) is 19.1. The van der Waals surface area contributed by atoms with Gasteiger partial charge in [-0.3, -0.25) is 19.3 Å². The van der Waals surface area contributed by atoms with Gasteiger partial charge >= 0.3 is 0 Å². The molecule has 0 aromatic carbocycles. The molecule has 2 amide bonds. The van der Waals surface area contributed by atoms with Crippen LogP contribution in [0, 0.1) is 17.2 Å². The maximum absolute atomic E-state index is 12.6. The molecule has 1 N–H and O–H groups in total. The summed E-state index contributed by atoms with van der Waals surface area (Å²) in [5.41, 5.74) is 0.750. The Hall–Kier alpha value is -1.17. The Labute approximate surface area is 155 Å². The van der Waals surface area contributed by atoms with Crippen LogP contribution in [0.15, 0.2) is 0 Å². The third-order valence-electron chi connectivity index (χ3n) is 4.33. The van der Waals surface area contributed by atoms with E-state index in [1.807, 2.05) is 6.92 Å². The van der Waals surface area contributed by atoms with Gasteiger partial charge in [-0.05, 0) is 37.4 Å². The van der Waals surface area contributed by atoms with Crippen molar-refractivity contribution >= 4 is 35.1 Å². The molecule has 1 rings (SSSR count). The van der Waals surface area contributed by atoms with Crippen LogP contribution in [-0.2, 0) is 14.4 Å². The molecule has 6 heteroatoms. The predicted molar refractivity (Wildman–Crippen MR) is 103 cm³/mol. The smallest absolute Gasteiger partial charge is 0.243 e. The standard InChI is InChI=1S/C19H32N2O3S/c1-6-15(18(23)13(4)5)21-17(22)11-16(19(21)24)25-9-7-8-14(20)10-12(2)3/h12-13,15-16,20H,6-11H2,1-5H3. The van der Waals surface area contributed by atoms with Crippen molar-refractivity contribution in [1.29, 1.82) is 5.41 Å². The average molecular weight is 369 g/mol. The second kappa shape index (κ2) is 10.1. The lowest BCUT2D eigenvalue weighted by Gasteiger charge is -2.25. The number of thioether (sulfide) groups is 1. The lowest BCUT2D eigenvalue weighted by Crippen LogP contribution is -2.46. The van der Waals surface area contributed by atoms with Gasteiger partial charge in [0.05, 0.1) is 11.3 Å². The molecule has 1 aliphatic rings. The van der Waals surface area contributed by atoms with Crippen molar-refractivity contribution in [3.05, 3.63) is 0 Å². The predicted octanol–water partition coefficient (Wildman–Crippen LogP) is 3.70. The number of amides is 2. The van der Waals surface area contributed by atoms with Gasteiger partial charge < -0.3 is 5.41 Å². The number of rotatable bonds is 11. The van der Waals surface area contributed by atoms with Crippen LogP contribution in [-0.4, -0.2) is 45.3 Å². The topological polar surface area (TPSA) is 78.3 Å². The molecule has 1 saturated heterocycles. The molecule has 1 aliphatic heterocycles. The summed E-state index contributed by atoms with van der Waals surface area (Å²) in [7, 11) is 0. The number of imide groups is 1. The normalized spacial score (nSPS) is 19.2. The molecule has 5 nitrogen and oxygen atoms in total. The van der Waals surface area contributed by atoms with E-state index >= 15 is 0 Å². The molecule has 0 aliphatic carbocycles. The lowest BCUT2D eigenvalue weighted by atomic mass is 9.98. The minimum Gasteiger partial charge on any atom is -0.310 e. The summed E-state index contributed by atoms with van der Waals surface area (Å²) in [6.45, 7) is 9.64. The van der Waals surface area contributed by atoms with Gasteiger partial charge in [0.1, 0.15) is 0 Å². The minimum absolute atomic E-state index is 0.0445. The average Bonchev–Trinajstić information content (AvgIpc) is 2.79. The van der Waals surface area contributed by atoms with Gasteiger partial charge in [-0.15, -0.1) is 11.8 Å². The Balaban J connectivity index is 2.54. The van der Waals surface area contributed by atoms with E-state index in [1.165, 1.54) is 16.7 Å². The zero-order valence-electron chi connectivity index (χ0n) is 16.1. The molecular formula is C19H32N2O3S. The van der Waals surface area contributed by atoms with Crippen LogP contribution in [0.4, 0.5) is 0 Å². The Morgan fingerprint density at radius 1 is 1.28 bits per heavy atom. The lowest BCUT2D eigenvalue weighted by molar-refractivity contribution is -0.146. The highest BCUT2D eigenvalue weighted by atomic mass is 32.2. The first-order valence-electron chi connectivity index (χ1n) is 9.26. The van der Waals surface area contributed by atoms with Gasteiger partial charge in [0.15, 0.2) is 5.78 Å². The Morgan fingerprint density at radius 2 is 1.92 bits per heavy atom. The fourth-order valence-electron chi connectivity index (χ4n) is 3.08. The molecular weight excluding hydrogens is 336 g/mol. The molecule has 2 atom stereocenters. The summed E-state index contributed by atoms with van der Waals surface area (Å²) in [6, 6.07) is -0.621. The van der Waals surface area contributed by atoms with Crippen LogP contribution in [0.1, 0.15) is 66.7 Å². The first-order chi connectivity index (χ1) is 11.7. The Bertz CT molecular complexity index is 517. The van der Waals surface area contributed by atoms with E-state index in [1.54, 1.807) is 13.8 Å². The monoisotopic (exact) mass is 368 g/mol. The van der Waals surface area contributed by atoms with Crippen molar-refractivity contribution < 1.29 is 14.4 Å². The van der Waals surface area contributed by atoms with Crippen LogP contribution in [0.3, 0.4) is 0 Å². The molecule has 0 bridgehead atoms. The van der Waals surface area contributed by atoms with Crippen molar-refractivity contribution in [2.75, 3.05) is 5.75 Å². The minimum atomic E-state index is -0.621. The Kier molecular flexibility index (Phi) is 8.83. The molecule has 1 heterocycles. The maximum Gasteiger partial charge on any atom is 0.243 e. The molecule has 142 valence electrons. The van der Waals surface area contributed by atoms with Crippen molar-refractivity contribution in [1.82, 2.24) is 4.90 Å². The van der Waals surface area contributed by atoms with Crippen molar-refractivity contribution in [3.63, 3.8) is 0 Å². The largest absolute Gasteiger partial charge is 0.310 e. The summed E-state index contributed by atoms with van der Waals surface area (Å²) >= 11 is 1.49. The molecule has 0 saturated carbocycles. The maximum atomic E-state index is 12.6. The van der Waals surface area contributed by atoms with Crippen LogP contribution >= 0.6 is 11.8 Å². The molecule has 1 fully saturated rings. The third kappa shape index (κ3) is 6.24. The van der Waals surface area contributed by atoms with Crippen LogP contribution < -0.4 is 0 Å². The second-order valence-electron chi connectivity index (χ2n) is 7.45. The number of carbonyl (C=O) groups is 3. The van der Waals surface area contributed by atoms with E-state index in [0.29, 0.717) is 12.3 Å². The highest BCUT2D eigenvalue weighted by Gasteiger charge is 2.44. The number of nitrogens with zero attached hydrogens (tertiary/aromatic N) is 1. The molecule has 0 aromatic heterocycles. The Morgan fingerprint density at radius 3 is 2.44 bits per heavy atom. The van der Waals surface area contributed by atoms with Gasteiger partial charge in [-0.1, -0.05) is 34.6 Å². The molecule has 2 unspecified atom stereocenters. The molecule has 0 aromatic rings. The van der Waals surface area contributed by atoms with Crippen molar-refractivity contribution in [3.8, 4) is 0 Å². The summed E-state index contributed by atoms with van der Waals surface area (Å²) < 4.78 is 0. The first-order valence-corrected chi connectivity index (χ1v) is 10.3. The first kappa shape index (κ1) is 21.9. The summed E-state index contributed by atoms with van der Waals surface area (Å²) in [5.74, 6) is 0.574. The number of nitrogens with one attached hydrogen (secondary N) is 1. The van der Waals surface area contributed by atoms with Gasteiger partial charge in [0.25, 0.3) is 0 Å². The van der Waals surface area contributed by atoms with Crippen LogP contribution in [0.25, 0.3) is 0 Å². The van der Waals surface area contributed by atoms with E-state index in [-0.39, 0.29) is 35.2 Å². The van der Waals surface area contributed by atoms with Gasteiger partial charge in [-0.25, -0.2) is 0 Å². The number of ketones is 1. The molecule has 25 heavy (non-hydrogen) atoms. The van der Waals surface area contributed by atoms with Gasteiger partial charge in [0.2, 0.25) is 11.8 Å². The van der Waals surface area contributed by atoms with E-state index in [0.717, 1.165) is 30.7 Å². The summed E-state index contributed by atoms with van der Waals surface area (Å²) in [5, 5.41) is 7.53. The van der Waals surface area contributed by atoms with E-state index in [2.05, 4.69) is 13.8 Å². The highest BCUT2D eigenvalue weighted by molar-refractivity contribution is 8.00. The van der Waals surface area contributed by atoms with Gasteiger partial charge in [-0.2, -0.15) is 0 Å². The summed E-state index contributed by atoms with van der Waals surface area (Å²) in [4.78, 5) is 38.4. The van der Waals surface area contributed by atoms with Crippen molar-refractivity contribution in [2.24, 2.45) is 11.8 Å². The zero-order valence-corrected chi connectivity index (χ0v) is 16.9. The second-order valence-corrected chi connectivity index (χ2v) is 8.76. The molecule has 0 spiro atoms. The number of carbonyl (C=O) groups excluding carboxylic acids is 3. The quantitative estimate of drug-likeness (QED) is 0.343. The molecule has 0 radical (unpaired) electrons. The summed E-state index contributed by atoms with van der Waals surface area (Å²) in [6.07, 6.45) is 3.06. The highest BCUT2D eigenvalue weighted by Crippen LogP contribution is 2.29. The van der Waals surface area contributed by atoms with Crippen LogP contribution in [0.5, 0.6) is 0 Å². The number of hydrogen-bond acceptors (Lipinski definition) is 5. The van der Waals surface area contributed by atoms with Gasteiger partial charge in [0, 0.05) is 18.1 Å². The number of hydrogen-bond donors (Lipinski definition) is 1. The van der Waals surface area contributed by atoms with E-state index in [9.17, 15) is 14.4 Å².